The normalized spacial score (nSPS) is 36.7. The fourth-order valence-corrected chi connectivity index (χ4v) is 6.37. The van der Waals surface area contributed by atoms with Gasteiger partial charge in [-0.05, 0) is 44.1 Å². The van der Waals surface area contributed by atoms with Crippen LogP contribution in [0.1, 0.15) is 38.5 Å². The van der Waals surface area contributed by atoms with Crippen molar-refractivity contribution in [2.75, 3.05) is 12.9 Å². The zero-order chi connectivity index (χ0) is 18.3. The highest BCUT2D eigenvalue weighted by Gasteiger charge is 2.47. The minimum absolute atomic E-state index is 0.0892. The molecule has 0 bridgehead atoms. The standard InChI is InChI=1S/C20H29N3O2S/c1-25-15-5-6-16-17(11-26-19(16)9-15)20(24)23(13-2-3-13)14-4-7-18(22)12(8-14)10-21/h5-6,10,13-17,19,21H,2-4,7-9,11,22H2,1H3. The van der Waals surface area contributed by atoms with Crippen molar-refractivity contribution in [3.63, 3.8) is 0 Å². The predicted molar refractivity (Wildman–Crippen MR) is 105 cm³/mol. The summed E-state index contributed by atoms with van der Waals surface area (Å²) in [5.74, 6) is 1.68. The van der Waals surface area contributed by atoms with Gasteiger partial charge in [0.2, 0.25) is 5.91 Å². The van der Waals surface area contributed by atoms with Crippen LogP contribution in [0.3, 0.4) is 0 Å². The summed E-state index contributed by atoms with van der Waals surface area (Å²) in [6.07, 6.45) is 11.7. The highest BCUT2D eigenvalue weighted by molar-refractivity contribution is 8.00. The molecule has 5 unspecified atom stereocenters. The monoisotopic (exact) mass is 375 g/mol. The average Bonchev–Trinajstić information content (AvgIpc) is 3.40. The number of allylic oxidation sites excluding steroid dienone is 2. The number of carbonyl (C=O) groups is 1. The Morgan fingerprint density at radius 1 is 1.35 bits per heavy atom. The quantitative estimate of drug-likeness (QED) is 0.572. The number of methoxy groups -OCH3 is 1. The number of rotatable bonds is 5. The van der Waals surface area contributed by atoms with Gasteiger partial charge < -0.3 is 20.8 Å². The van der Waals surface area contributed by atoms with Crippen molar-refractivity contribution in [1.29, 1.82) is 5.41 Å². The number of ether oxygens (including phenoxy) is 1. The van der Waals surface area contributed by atoms with Crippen LogP contribution in [0.25, 0.3) is 0 Å². The fraction of sp³-hybridized carbons (Fsp3) is 0.700. The second-order valence-electron chi connectivity index (χ2n) is 8.02. The van der Waals surface area contributed by atoms with Crippen LogP contribution in [-0.4, -0.2) is 53.3 Å². The highest BCUT2D eigenvalue weighted by Crippen LogP contribution is 2.46. The number of carbonyl (C=O) groups excluding carboxylic acids is 1. The van der Waals surface area contributed by atoms with Crippen LogP contribution in [0.5, 0.6) is 0 Å². The highest BCUT2D eigenvalue weighted by atomic mass is 32.2. The maximum atomic E-state index is 13.6. The SMILES string of the molecule is COC1C=CC2C(C1)SCC2C(=O)N(C1CC1)C1CCC(N)=C(C=N)C1. The van der Waals surface area contributed by atoms with Gasteiger partial charge in [0.25, 0.3) is 0 Å². The van der Waals surface area contributed by atoms with Gasteiger partial charge in [-0.3, -0.25) is 4.79 Å². The number of thioether (sulfide) groups is 1. The van der Waals surface area contributed by atoms with Crippen molar-refractivity contribution in [1.82, 2.24) is 4.90 Å². The molecule has 1 saturated carbocycles. The van der Waals surface area contributed by atoms with E-state index in [0.717, 1.165) is 55.5 Å². The van der Waals surface area contributed by atoms with E-state index in [1.807, 2.05) is 11.8 Å². The lowest BCUT2D eigenvalue weighted by molar-refractivity contribution is -0.139. The molecule has 5 nitrogen and oxygen atoms in total. The lowest BCUT2D eigenvalue weighted by Gasteiger charge is -2.38. The van der Waals surface area contributed by atoms with Crippen molar-refractivity contribution in [3.05, 3.63) is 23.4 Å². The minimum atomic E-state index is 0.0892. The summed E-state index contributed by atoms with van der Waals surface area (Å²) in [7, 11) is 1.76. The molecule has 2 fully saturated rings. The number of fused-ring (bicyclic) bond motifs is 1. The summed E-state index contributed by atoms with van der Waals surface area (Å²) in [5, 5.41) is 8.12. The van der Waals surface area contributed by atoms with E-state index in [-0.39, 0.29) is 18.1 Å². The van der Waals surface area contributed by atoms with E-state index in [1.165, 1.54) is 6.21 Å². The molecule has 5 atom stereocenters. The lowest BCUT2D eigenvalue weighted by atomic mass is 9.83. The maximum absolute atomic E-state index is 13.6. The molecule has 4 aliphatic rings. The fourth-order valence-electron chi connectivity index (χ4n) is 4.72. The average molecular weight is 376 g/mol. The van der Waals surface area contributed by atoms with Crippen LogP contribution in [0, 0.1) is 17.2 Å². The van der Waals surface area contributed by atoms with E-state index in [9.17, 15) is 4.79 Å². The first-order chi connectivity index (χ1) is 12.6. The van der Waals surface area contributed by atoms with Crippen molar-refractivity contribution < 1.29 is 9.53 Å². The van der Waals surface area contributed by atoms with Gasteiger partial charge in [-0.1, -0.05) is 12.2 Å². The van der Waals surface area contributed by atoms with Gasteiger partial charge in [-0.25, -0.2) is 0 Å². The number of amides is 1. The molecule has 3 aliphatic carbocycles. The first-order valence-electron chi connectivity index (χ1n) is 9.75. The first-order valence-corrected chi connectivity index (χ1v) is 10.8. The molecular weight excluding hydrogens is 346 g/mol. The molecule has 0 radical (unpaired) electrons. The van der Waals surface area contributed by atoms with Crippen LogP contribution in [0.2, 0.25) is 0 Å². The molecule has 0 aromatic rings. The Labute approximate surface area is 159 Å². The molecule has 0 aromatic heterocycles. The molecular formula is C20H29N3O2S. The van der Waals surface area contributed by atoms with Gasteiger partial charge in [0.05, 0.1) is 12.0 Å². The summed E-state index contributed by atoms with van der Waals surface area (Å²) in [6, 6.07) is 0.615. The Morgan fingerprint density at radius 2 is 2.15 bits per heavy atom. The third kappa shape index (κ3) is 3.33. The van der Waals surface area contributed by atoms with Gasteiger partial charge in [0, 0.05) is 48.0 Å². The van der Waals surface area contributed by atoms with Crippen molar-refractivity contribution >= 4 is 23.9 Å². The number of nitrogens with zero attached hydrogens (tertiary/aromatic N) is 1. The van der Waals surface area contributed by atoms with E-state index in [0.29, 0.717) is 23.1 Å². The summed E-state index contributed by atoms with van der Waals surface area (Å²) in [6.45, 7) is 0. The van der Waals surface area contributed by atoms with E-state index < -0.39 is 0 Å². The third-order valence-electron chi connectivity index (χ3n) is 6.39. The van der Waals surface area contributed by atoms with Crippen LogP contribution in [-0.2, 0) is 9.53 Å². The van der Waals surface area contributed by atoms with Crippen LogP contribution < -0.4 is 5.73 Å². The van der Waals surface area contributed by atoms with Crippen LogP contribution >= 0.6 is 11.8 Å². The first kappa shape index (κ1) is 18.1. The number of hydrogen-bond acceptors (Lipinski definition) is 5. The van der Waals surface area contributed by atoms with E-state index >= 15 is 0 Å². The number of nitrogens with one attached hydrogen (secondary N) is 1. The molecule has 26 heavy (non-hydrogen) atoms. The van der Waals surface area contributed by atoms with Gasteiger partial charge >= 0.3 is 0 Å². The molecule has 1 heterocycles. The van der Waals surface area contributed by atoms with Gasteiger partial charge in [0.15, 0.2) is 0 Å². The summed E-state index contributed by atoms with van der Waals surface area (Å²) in [5.41, 5.74) is 7.80. The molecule has 0 spiro atoms. The Kier molecular flexibility index (Phi) is 5.15. The Bertz CT molecular complexity index is 643. The second kappa shape index (κ2) is 7.39. The van der Waals surface area contributed by atoms with Crippen molar-refractivity contribution in [3.8, 4) is 0 Å². The van der Waals surface area contributed by atoms with Crippen LogP contribution in [0.4, 0.5) is 0 Å². The summed E-state index contributed by atoms with van der Waals surface area (Å²) in [4.78, 5) is 15.7. The molecule has 6 heteroatoms. The van der Waals surface area contributed by atoms with Crippen molar-refractivity contribution in [2.24, 2.45) is 17.6 Å². The second-order valence-corrected chi connectivity index (χ2v) is 9.29. The zero-order valence-corrected chi connectivity index (χ0v) is 16.2. The van der Waals surface area contributed by atoms with Crippen molar-refractivity contribution in [2.45, 2.75) is 62.0 Å². The largest absolute Gasteiger partial charge is 0.402 e. The van der Waals surface area contributed by atoms with Gasteiger partial charge in [-0.15, -0.1) is 0 Å². The van der Waals surface area contributed by atoms with Crippen LogP contribution in [0.15, 0.2) is 23.4 Å². The Balaban J connectivity index is 1.51. The van der Waals surface area contributed by atoms with Gasteiger partial charge in [0.1, 0.15) is 0 Å². The Hall–Kier alpha value is -1.27. The van der Waals surface area contributed by atoms with E-state index in [2.05, 4.69) is 17.1 Å². The molecule has 1 aliphatic heterocycles. The van der Waals surface area contributed by atoms with E-state index in [4.69, 9.17) is 15.9 Å². The molecule has 1 amide bonds. The predicted octanol–water partition coefficient (Wildman–Crippen LogP) is 2.71. The molecule has 3 N–H and O–H groups in total. The number of hydrogen-bond donors (Lipinski definition) is 2. The summed E-state index contributed by atoms with van der Waals surface area (Å²) < 4.78 is 5.49. The minimum Gasteiger partial charge on any atom is -0.402 e. The van der Waals surface area contributed by atoms with Gasteiger partial charge in [-0.2, -0.15) is 11.8 Å². The molecule has 1 saturated heterocycles. The zero-order valence-electron chi connectivity index (χ0n) is 15.4. The Morgan fingerprint density at radius 3 is 2.85 bits per heavy atom. The smallest absolute Gasteiger partial charge is 0.227 e. The number of nitrogens with two attached hydrogens (primary N) is 1. The third-order valence-corrected chi connectivity index (χ3v) is 7.88. The lowest BCUT2D eigenvalue weighted by Crippen LogP contribution is -2.48. The molecule has 4 rings (SSSR count). The van der Waals surface area contributed by atoms with E-state index in [1.54, 1.807) is 7.11 Å². The molecule has 0 aromatic carbocycles. The summed E-state index contributed by atoms with van der Waals surface area (Å²) >= 11 is 1.94. The topological polar surface area (TPSA) is 79.4 Å². The maximum Gasteiger partial charge on any atom is 0.227 e. The molecule has 142 valence electrons.